The van der Waals surface area contributed by atoms with Crippen LogP contribution >= 0.6 is 0 Å². The molecule has 0 spiro atoms. The van der Waals surface area contributed by atoms with E-state index in [9.17, 15) is 4.79 Å². The van der Waals surface area contributed by atoms with Gasteiger partial charge in [0.15, 0.2) is 0 Å². The van der Waals surface area contributed by atoms with Crippen LogP contribution in [0, 0.1) is 0 Å². The normalized spacial score (nSPS) is 12.7. The molecular weight excluding hydrogens is 320 g/mol. The first kappa shape index (κ1) is 20.2. The van der Waals surface area contributed by atoms with Gasteiger partial charge in [0.05, 0.1) is 0 Å². The number of carbonyl (C=O) groups is 1. The number of carbonyl (C=O) groups excluding carboxylic acids is 1. The third-order valence-corrected chi connectivity index (χ3v) is 5.00. The van der Waals surface area contributed by atoms with Crippen molar-refractivity contribution in [2.45, 2.75) is 71.8 Å². The lowest BCUT2D eigenvalue weighted by atomic mass is 9.85. The third kappa shape index (κ3) is 4.97. The first-order valence-electron chi connectivity index (χ1n) is 9.72. The van der Waals surface area contributed by atoms with Gasteiger partial charge in [-0.3, -0.25) is 4.79 Å². The Morgan fingerprint density at radius 3 is 1.38 bits per heavy atom. The Morgan fingerprint density at radius 2 is 1.08 bits per heavy atom. The van der Waals surface area contributed by atoms with E-state index in [2.05, 4.69) is 76.2 Å². The first-order chi connectivity index (χ1) is 12.3. The van der Waals surface area contributed by atoms with Crippen LogP contribution in [0.25, 0.3) is 0 Å². The quantitative estimate of drug-likeness (QED) is 0.538. The summed E-state index contributed by atoms with van der Waals surface area (Å²) in [5.74, 6) is 0.888. The van der Waals surface area contributed by atoms with Gasteiger partial charge in [0, 0.05) is 12.3 Å². The van der Waals surface area contributed by atoms with Gasteiger partial charge in [0.1, 0.15) is 6.10 Å². The maximum Gasteiger partial charge on any atom is 0.305 e. The Labute approximate surface area is 158 Å². The fourth-order valence-electron chi connectivity index (χ4n) is 3.27. The van der Waals surface area contributed by atoms with Gasteiger partial charge in [-0.1, -0.05) is 83.1 Å². The standard InChI is InChI=1S/C24H32O2/c1-7-23(25)26-18(6)24(21-12-8-19(9-13-21)16(2)3)22-14-10-20(11-15-22)17(4)5/h8-18,24H,7H2,1-6H3. The fraction of sp³-hybridized carbons (Fsp3) is 0.458. The average Bonchev–Trinajstić information content (AvgIpc) is 2.62. The summed E-state index contributed by atoms with van der Waals surface area (Å²) < 4.78 is 5.69. The molecule has 2 aromatic carbocycles. The molecule has 0 radical (unpaired) electrons. The molecule has 0 aliphatic rings. The van der Waals surface area contributed by atoms with Crippen LogP contribution in [-0.4, -0.2) is 12.1 Å². The second-order valence-corrected chi connectivity index (χ2v) is 7.67. The van der Waals surface area contributed by atoms with Crippen molar-refractivity contribution in [2.24, 2.45) is 0 Å². The molecule has 140 valence electrons. The second kappa shape index (κ2) is 9.02. The predicted octanol–water partition coefficient (Wildman–Crippen LogP) is 6.41. The minimum Gasteiger partial charge on any atom is -0.462 e. The van der Waals surface area contributed by atoms with Gasteiger partial charge < -0.3 is 4.74 Å². The maximum absolute atomic E-state index is 11.9. The Bertz CT molecular complexity index is 644. The topological polar surface area (TPSA) is 26.3 Å². The zero-order valence-corrected chi connectivity index (χ0v) is 17.0. The summed E-state index contributed by atoms with van der Waals surface area (Å²) in [6.07, 6.45) is 0.188. The van der Waals surface area contributed by atoms with Gasteiger partial charge in [-0.25, -0.2) is 0 Å². The number of ether oxygens (including phenoxy) is 1. The summed E-state index contributed by atoms with van der Waals surface area (Å²) in [6, 6.07) is 17.4. The van der Waals surface area contributed by atoms with Gasteiger partial charge in [0.2, 0.25) is 0 Å². The van der Waals surface area contributed by atoms with Crippen LogP contribution < -0.4 is 0 Å². The Hall–Kier alpha value is -2.09. The summed E-state index contributed by atoms with van der Waals surface area (Å²) >= 11 is 0. The van der Waals surface area contributed by atoms with Crippen LogP contribution in [-0.2, 0) is 9.53 Å². The van der Waals surface area contributed by atoms with Crippen molar-refractivity contribution in [2.75, 3.05) is 0 Å². The second-order valence-electron chi connectivity index (χ2n) is 7.67. The van der Waals surface area contributed by atoms with Crippen LogP contribution in [0.4, 0.5) is 0 Å². The molecule has 0 aromatic heterocycles. The van der Waals surface area contributed by atoms with Crippen molar-refractivity contribution >= 4 is 5.97 Å². The molecule has 0 saturated heterocycles. The molecule has 0 heterocycles. The van der Waals surface area contributed by atoms with E-state index in [0.717, 1.165) is 0 Å². The molecule has 0 saturated carbocycles. The first-order valence-corrected chi connectivity index (χ1v) is 9.72. The van der Waals surface area contributed by atoms with Crippen molar-refractivity contribution in [3.8, 4) is 0 Å². The zero-order valence-electron chi connectivity index (χ0n) is 17.0. The molecule has 0 fully saturated rings. The van der Waals surface area contributed by atoms with E-state index in [1.807, 2.05) is 13.8 Å². The van der Waals surface area contributed by atoms with Crippen LogP contribution in [0.3, 0.4) is 0 Å². The van der Waals surface area contributed by atoms with E-state index in [-0.39, 0.29) is 18.0 Å². The van der Waals surface area contributed by atoms with Gasteiger partial charge in [-0.05, 0) is 41.0 Å². The van der Waals surface area contributed by atoms with Crippen molar-refractivity contribution < 1.29 is 9.53 Å². The number of hydrogen-bond donors (Lipinski definition) is 0. The molecule has 2 nitrogen and oxygen atoms in total. The zero-order chi connectivity index (χ0) is 19.3. The lowest BCUT2D eigenvalue weighted by Gasteiger charge is -2.26. The van der Waals surface area contributed by atoms with E-state index in [4.69, 9.17) is 4.74 Å². The summed E-state index contributed by atoms with van der Waals surface area (Å²) in [6.45, 7) is 12.6. The van der Waals surface area contributed by atoms with Crippen LogP contribution in [0.2, 0.25) is 0 Å². The molecule has 26 heavy (non-hydrogen) atoms. The summed E-state index contributed by atoms with van der Waals surface area (Å²) in [5, 5.41) is 0. The molecule has 1 unspecified atom stereocenters. The molecule has 2 rings (SSSR count). The van der Waals surface area contributed by atoms with Crippen LogP contribution in [0.5, 0.6) is 0 Å². The lowest BCUT2D eigenvalue weighted by molar-refractivity contribution is -0.148. The number of rotatable bonds is 7. The molecule has 2 heteroatoms. The summed E-state index contributed by atoms with van der Waals surface area (Å²) in [7, 11) is 0. The van der Waals surface area contributed by atoms with Crippen LogP contribution in [0.1, 0.15) is 88.0 Å². The highest BCUT2D eigenvalue weighted by molar-refractivity contribution is 5.69. The molecule has 1 atom stereocenters. The minimum absolute atomic E-state index is 0.0351. The maximum atomic E-state index is 11.9. The summed E-state index contributed by atoms with van der Waals surface area (Å²) in [5.41, 5.74) is 5.01. The van der Waals surface area contributed by atoms with Crippen molar-refractivity contribution in [1.29, 1.82) is 0 Å². The average molecular weight is 353 g/mol. The van der Waals surface area contributed by atoms with Gasteiger partial charge in [0.25, 0.3) is 0 Å². The van der Waals surface area contributed by atoms with E-state index < -0.39 is 0 Å². The smallest absolute Gasteiger partial charge is 0.305 e. The predicted molar refractivity (Wildman–Crippen MR) is 109 cm³/mol. The minimum atomic E-state index is -0.211. The lowest BCUT2D eigenvalue weighted by Crippen LogP contribution is -2.23. The monoisotopic (exact) mass is 352 g/mol. The van der Waals surface area contributed by atoms with E-state index in [1.54, 1.807) is 0 Å². The molecule has 0 N–H and O–H groups in total. The Morgan fingerprint density at radius 1 is 0.731 bits per heavy atom. The molecule has 0 amide bonds. The highest BCUT2D eigenvalue weighted by atomic mass is 16.5. The van der Waals surface area contributed by atoms with Gasteiger partial charge >= 0.3 is 5.97 Å². The van der Waals surface area contributed by atoms with Crippen molar-refractivity contribution in [1.82, 2.24) is 0 Å². The summed E-state index contributed by atoms with van der Waals surface area (Å²) in [4.78, 5) is 11.9. The molecule has 0 bridgehead atoms. The Balaban J connectivity index is 2.39. The van der Waals surface area contributed by atoms with E-state index >= 15 is 0 Å². The van der Waals surface area contributed by atoms with Gasteiger partial charge in [-0.2, -0.15) is 0 Å². The molecule has 2 aromatic rings. The number of hydrogen-bond acceptors (Lipinski definition) is 2. The van der Waals surface area contributed by atoms with Crippen LogP contribution in [0.15, 0.2) is 48.5 Å². The number of esters is 1. The molecular formula is C24H32O2. The highest BCUT2D eigenvalue weighted by Crippen LogP contribution is 2.32. The van der Waals surface area contributed by atoms with Crippen molar-refractivity contribution in [3.05, 3.63) is 70.8 Å². The van der Waals surface area contributed by atoms with Crippen molar-refractivity contribution in [3.63, 3.8) is 0 Å². The third-order valence-electron chi connectivity index (χ3n) is 5.00. The molecule has 0 aliphatic carbocycles. The van der Waals surface area contributed by atoms with E-state index in [1.165, 1.54) is 22.3 Å². The largest absolute Gasteiger partial charge is 0.462 e. The SMILES string of the molecule is CCC(=O)OC(C)C(c1ccc(C(C)C)cc1)c1ccc(C(C)C)cc1. The van der Waals surface area contributed by atoms with E-state index in [0.29, 0.717) is 18.3 Å². The molecule has 0 aliphatic heterocycles. The fourth-order valence-corrected chi connectivity index (χ4v) is 3.27. The Kier molecular flexibility index (Phi) is 7.02. The highest BCUT2D eigenvalue weighted by Gasteiger charge is 2.24. The van der Waals surface area contributed by atoms with Gasteiger partial charge in [-0.15, -0.1) is 0 Å². The number of benzene rings is 2.